The molecule has 0 radical (unpaired) electrons. The summed E-state index contributed by atoms with van der Waals surface area (Å²) in [5.74, 6) is 0.960. The van der Waals surface area contributed by atoms with E-state index in [4.69, 9.17) is 4.74 Å². The van der Waals surface area contributed by atoms with Gasteiger partial charge in [-0.25, -0.2) is 0 Å². The maximum atomic E-state index is 12.5. The lowest BCUT2D eigenvalue weighted by atomic mass is 9.97. The zero-order valence-electron chi connectivity index (χ0n) is 13.9. The van der Waals surface area contributed by atoms with Crippen LogP contribution in [0.1, 0.15) is 18.4 Å². The van der Waals surface area contributed by atoms with Crippen molar-refractivity contribution in [3.8, 4) is 5.75 Å². The number of aliphatic hydroxyl groups excluding tert-OH is 1. The van der Waals surface area contributed by atoms with Gasteiger partial charge in [-0.3, -0.25) is 0 Å². The van der Waals surface area contributed by atoms with Crippen LogP contribution in [-0.4, -0.2) is 55.9 Å². The highest BCUT2D eigenvalue weighted by Crippen LogP contribution is 2.30. The number of piperidine rings is 1. The summed E-state index contributed by atoms with van der Waals surface area (Å²) in [6.45, 7) is 3.54. The number of nitrogens with one attached hydrogen (secondary N) is 1. The molecule has 1 aliphatic heterocycles. The Morgan fingerprint density at radius 3 is 2.46 bits per heavy atom. The summed E-state index contributed by atoms with van der Waals surface area (Å²) in [5.41, 5.74) is -0.711. The summed E-state index contributed by atoms with van der Waals surface area (Å²) in [7, 11) is 1.96. The van der Waals surface area contributed by atoms with Gasteiger partial charge in [-0.1, -0.05) is 0 Å². The fraction of sp³-hybridized carbons (Fsp3) is 0.647. The average Bonchev–Trinajstić information content (AvgIpc) is 2.53. The third-order valence-corrected chi connectivity index (χ3v) is 4.18. The summed E-state index contributed by atoms with van der Waals surface area (Å²) in [5, 5.41) is 13.4. The lowest BCUT2D eigenvalue weighted by molar-refractivity contribution is -0.137. The van der Waals surface area contributed by atoms with E-state index in [1.807, 2.05) is 7.05 Å². The third-order valence-electron chi connectivity index (χ3n) is 4.18. The molecule has 1 aromatic rings. The standard InChI is InChI=1S/C17H25F3N2O2/c1-22(10-13-6-8-21-9-7-13)11-15(23)12-24-16-4-2-14(3-5-16)17(18,19)20/h2-5,13,15,21,23H,6-12H2,1H3. The predicted molar refractivity (Wildman–Crippen MR) is 86.0 cm³/mol. The molecule has 2 rings (SSSR count). The normalized spacial score (nSPS) is 17.9. The SMILES string of the molecule is CN(CC(O)COc1ccc(C(F)(F)F)cc1)CC1CCNCC1. The van der Waals surface area contributed by atoms with Crippen LogP contribution >= 0.6 is 0 Å². The molecular formula is C17H25F3N2O2. The fourth-order valence-corrected chi connectivity index (χ4v) is 2.92. The number of aliphatic hydroxyl groups is 1. The van der Waals surface area contributed by atoms with Gasteiger partial charge >= 0.3 is 6.18 Å². The van der Waals surface area contributed by atoms with E-state index in [0.717, 1.165) is 44.6 Å². The van der Waals surface area contributed by atoms with Crippen molar-refractivity contribution >= 4 is 0 Å². The molecule has 4 nitrogen and oxygen atoms in total. The highest BCUT2D eigenvalue weighted by Gasteiger charge is 2.30. The second kappa shape index (κ2) is 8.69. The number of hydrogen-bond donors (Lipinski definition) is 2. The van der Waals surface area contributed by atoms with E-state index in [1.54, 1.807) is 0 Å². The van der Waals surface area contributed by atoms with Crippen LogP contribution in [0.15, 0.2) is 24.3 Å². The van der Waals surface area contributed by atoms with Crippen LogP contribution in [0, 0.1) is 5.92 Å². The summed E-state index contributed by atoms with van der Waals surface area (Å²) in [4.78, 5) is 2.08. The Bertz CT molecular complexity index is 488. The van der Waals surface area contributed by atoms with Crippen LogP contribution in [-0.2, 0) is 6.18 Å². The van der Waals surface area contributed by atoms with Gasteiger partial charge in [-0.05, 0) is 63.2 Å². The summed E-state index contributed by atoms with van der Waals surface area (Å²) >= 11 is 0. The van der Waals surface area contributed by atoms with E-state index in [2.05, 4.69) is 10.2 Å². The first-order valence-electron chi connectivity index (χ1n) is 8.22. The molecule has 1 fully saturated rings. The fourth-order valence-electron chi connectivity index (χ4n) is 2.92. The van der Waals surface area contributed by atoms with E-state index in [1.165, 1.54) is 12.1 Å². The first-order valence-corrected chi connectivity index (χ1v) is 8.22. The van der Waals surface area contributed by atoms with Gasteiger partial charge in [0.25, 0.3) is 0 Å². The summed E-state index contributed by atoms with van der Waals surface area (Å²) < 4.78 is 42.8. The lowest BCUT2D eigenvalue weighted by Crippen LogP contribution is -2.39. The molecule has 1 atom stereocenters. The molecule has 1 heterocycles. The van der Waals surface area contributed by atoms with Crippen LogP contribution in [0.3, 0.4) is 0 Å². The molecule has 0 aliphatic carbocycles. The zero-order valence-corrected chi connectivity index (χ0v) is 13.9. The molecule has 0 saturated carbocycles. The zero-order chi connectivity index (χ0) is 17.6. The molecule has 0 spiro atoms. The van der Waals surface area contributed by atoms with Gasteiger partial charge in [0, 0.05) is 13.1 Å². The number of hydrogen-bond acceptors (Lipinski definition) is 4. The van der Waals surface area contributed by atoms with Crippen molar-refractivity contribution in [1.29, 1.82) is 0 Å². The van der Waals surface area contributed by atoms with Crippen LogP contribution in [0.25, 0.3) is 0 Å². The van der Waals surface area contributed by atoms with E-state index >= 15 is 0 Å². The van der Waals surface area contributed by atoms with Crippen LogP contribution < -0.4 is 10.1 Å². The van der Waals surface area contributed by atoms with Crippen molar-refractivity contribution in [3.05, 3.63) is 29.8 Å². The minimum Gasteiger partial charge on any atom is -0.491 e. The second-order valence-corrected chi connectivity index (χ2v) is 6.40. The lowest BCUT2D eigenvalue weighted by Gasteiger charge is -2.28. The van der Waals surface area contributed by atoms with Crippen LogP contribution in [0.5, 0.6) is 5.75 Å². The molecule has 136 valence electrons. The molecular weight excluding hydrogens is 321 g/mol. The summed E-state index contributed by atoms with van der Waals surface area (Å²) in [6, 6.07) is 4.50. The van der Waals surface area contributed by atoms with E-state index in [-0.39, 0.29) is 6.61 Å². The Hall–Kier alpha value is -1.31. The third kappa shape index (κ3) is 6.30. The molecule has 0 amide bonds. The quantitative estimate of drug-likeness (QED) is 0.796. The summed E-state index contributed by atoms with van der Waals surface area (Å²) in [6.07, 6.45) is -2.75. The van der Waals surface area contributed by atoms with Gasteiger partial charge in [-0.15, -0.1) is 0 Å². The first-order chi connectivity index (χ1) is 11.3. The van der Waals surface area contributed by atoms with Crippen molar-refractivity contribution in [2.75, 3.05) is 39.8 Å². The van der Waals surface area contributed by atoms with Crippen molar-refractivity contribution in [3.63, 3.8) is 0 Å². The Morgan fingerprint density at radius 2 is 1.88 bits per heavy atom. The minimum atomic E-state index is -4.35. The van der Waals surface area contributed by atoms with Crippen LogP contribution in [0.4, 0.5) is 13.2 Å². The first kappa shape index (κ1) is 19.0. The number of alkyl halides is 3. The Balaban J connectivity index is 1.71. The number of likely N-dealkylation sites (N-methyl/N-ethyl adjacent to an activating group) is 1. The highest BCUT2D eigenvalue weighted by atomic mass is 19.4. The highest BCUT2D eigenvalue weighted by molar-refractivity contribution is 5.28. The molecule has 1 aromatic carbocycles. The van der Waals surface area contributed by atoms with Gasteiger partial charge in [0.1, 0.15) is 18.5 Å². The monoisotopic (exact) mass is 346 g/mol. The Morgan fingerprint density at radius 1 is 1.25 bits per heavy atom. The molecule has 0 aromatic heterocycles. The van der Waals surface area contributed by atoms with E-state index in [9.17, 15) is 18.3 Å². The molecule has 1 saturated heterocycles. The molecule has 2 N–H and O–H groups in total. The molecule has 0 bridgehead atoms. The van der Waals surface area contributed by atoms with Crippen molar-refractivity contribution in [1.82, 2.24) is 10.2 Å². The number of benzene rings is 1. The Kier molecular flexibility index (Phi) is 6.89. The number of rotatable bonds is 7. The van der Waals surface area contributed by atoms with E-state index in [0.29, 0.717) is 18.2 Å². The maximum absolute atomic E-state index is 12.5. The predicted octanol–water partition coefficient (Wildman–Crippen LogP) is 2.38. The van der Waals surface area contributed by atoms with Gasteiger partial charge in [0.2, 0.25) is 0 Å². The van der Waals surface area contributed by atoms with Gasteiger partial charge < -0.3 is 20.1 Å². The topological polar surface area (TPSA) is 44.7 Å². The van der Waals surface area contributed by atoms with Crippen molar-refractivity contribution in [2.45, 2.75) is 25.1 Å². The molecule has 1 unspecified atom stereocenters. The van der Waals surface area contributed by atoms with Crippen molar-refractivity contribution < 1.29 is 23.0 Å². The van der Waals surface area contributed by atoms with Crippen molar-refractivity contribution in [2.24, 2.45) is 5.92 Å². The molecule has 1 aliphatic rings. The van der Waals surface area contributed by atoms with E-state index < -0.39 is 17.8 Å². The number of halogens is 3. The minimum absolute atomic E-state index is 0.0575. The van der Waals surface area contributed by atoms with Gasteiger partial charge in [0.05, 0.1) is 5.56 Å². The smallest absolute Gasteiger partial charge is 0.416 e. The van der Waals surface area contributed by atoms with Gasteiger partial charge in [-0.2, -0.15) is 13.2 Å². The molecule has 7 heteroatoms. The van der Waals surface area contributed by atoms with Crippen LogP contribution in [0.2, 0.25) is 0 Å². The maximum Gasteiger partial charge on any atom is 0.416 e. The Labute approximate surface area is 140 Å². The second-order valence-electron chi connectivity index (χ2n) is 6.40. The number of ether oxygens (including phenoxy) is 1. The number of nitrogens with zero attached hydrogens (tertiary/aromatic N) is 1. The molecule has 24 heavy (non-hydrogen) atoms. The van der Waals surface area contributed by atoms with Gasteiger partial charge in [0.15, 0.2) is 0 Å². The average molecular weight is 346 g/mol. The largest absolute Gasteiger partial charge is 0.491 e.